The number of ether oxygens (including phenoxy) is 2. The van der Waals surface area contributed by atoms with Crippen LogP contribution in [0.5, 0.6) is 5.75 Å². The van der Waals surface area contributed by atoms with Crippen molar-refractivity contribution >= 4 is 11.6 Å². The molecule has 2 aromatic rings. The van der Waals surface area contributed by atoms with Crippen LogP contribution >= 0.6 is 11.6 Å². The number of nitrogens with one attached hydrogen (secondary N) is 1. The predicted octanol–water partition coefficient (Wildman–Crippen LogP) is 3.03. The summed E-state index contributed by atoms with van der Waals surface area (Å²) in [7, 11) is 1.61. The molecular formula is C18H23ClN2O3. The average Bonchev–Trinajstić information content (AvgIpc) is 3.08. The molecule has 0 spiro atoms. The predicted molar refractivity (Wildman–Crippen MR) is 94.7 cm³/mol. The van der Waals surface area contributed by atoms with E-state index in [-0.39, 0.29) is 0 Å². The lowest BCUT2D eigenvalue weighted by molar-refractivity contribution is 0.0383. The van der Waals surface area contributed by atoms with Gasteiger partial charge in [-0.05, 0) is 30.3 Å². The van der Waals surface area contributed by atoms with E-state index in [1.165, 1.54) is 0 Å². The van der Waals surface area contributed by atoms with Crippen LogP contribution in [0.3, 0.4) is 0 Å². The van der Waals surface area contributed by atoms with Crippen LogP contribution in [0.25, 0.3) is 11.3 Å². The summed E-state index contributed by atoms with van der Waals surface area (Å²) < 4.78 is 16.4. The van der Waals surface area contributed by atoms with E-state index in [2.05, 4.69) is 10.2 Å². The molecule has 3 rings (SSSR count). The first kappa shape index (κ1) is 17.3. The molecule has 2 heterocycles. The van der Waals surface area contributed by atoms with E-state index >= 15 is 0 Å². The minimum Gasteiger partial charge on any atom is -0.495 e. The van der Waals surface area contributed by atoms with Crippen molar-refractivity contribution in [1.82, 2.24) is 10.2 Å². The minimum absolute atomic E-state index is 0.580. The molecule has 0 bridgehead atoms. The molecule has 1 aliphatic rings. The number of nitrogens with zero attached hydrogens (tertiary/aromatic N) is 1. The van der Waals surface area contributed by atoms with E-state index in [0.29, 0.717) is 17.3 Å². The molecule has 1 aliphatic heterocycles. The first-order chi connectivity index (χ1) is 11.8. The highest BCUT2D eigenvalue weighted by Crippen LogP contribution is 2.31. The van der Waals surface area contributed by atoms with Crippen molar-refractivity contribution in [1.29, 1.82) is 0 Å². The second-order valence-corrected chi connectivity index (χ2v) is 6.15. The smallest absolute Gasteiger partial charge is 0.137 e. The third-order valence-electron chi connectivity index (χ3n) is 4.11. The molecule has 0 atom stereocenters. The van der Waals surface area contributed by atoms with Crippen LogP contribution in [0.4, 0.5) is 0 Å². The fourth-order valence-electron chi connectivity index (χ4n) is 2.72. The molecule has 0 amide bonds. The highest BCUT2D eigenvalue weighted by atomic mass is 35.5. The third kappa shape index (κ3) is 4.51. The maximum absolute atomic E-state index is 6.17. The number of rotatable bonds is 7. The van der Waals surface area contributed by atoms with Crippen molar-refractivity contribution in [3.05, 3.63) is 41.1 Å². The van der Waals surface area contributed by atoms with Crippen LogP contribution in [-0.4, -0.2) is 51.4 Å². The molecule has 1 saturated heterocycles. The molecule has 1 aromatic carbocycles. The van der Waals surface area contributed by atoms with Gasteiger partial charge < -0.3 is 19.2 Å². The van der Waals surface area contributed by atoms with Gasteiger partial charge in [0.25, 0.3) is 0 Å². The highest BCUT2D eigenvalue weighted by Gasteiger charge is 2.10. The van der Waals surface area contributed by atoms with Crippen LogP contribution in [0.15, 0.2) is 34.7 Å². The lowest BCUT2D eigenvalue weighted by atomic mass is 10.2. The first-order valence-electron chi connectivity index (χ1n) is 8.20. The number of morpholine rings is 1. The Kier molecular flexibility index (Phi) is 6.15. The summed E-state index contributed by atoms with van der Waals surface area (Å²) >= 11 is 6.17. The van der Waals surface area contributed by atoms with E-state index in [1.54, 1.807) is 7.11 Å². The van der Waals surface area contributed by atoms with Crippen LogP contribution in [-0.2, 0) is 11.3 Å². The Morgan fingerprint density at radius 3 is 2.79 bits per heavy atom. The molecule has 130 valence electrons. The zero-order valence-electron chi connectivity index (χ0n) is 13.9. The van der Waals surface area contributed by atoms with Crippen molar-refractivity contribution in [2.75, 3.05) is 46.5 Å². The van der Waals surface area contributed by atoms with Gasteiger partial charge in [-0.3, -0.25) is 4.90 Å². The van der Waals surface area contributed by atoms with Gasteiger partial charge in [0.05, 0.1) is 31.9 Å². The molecule has 6 heteroatoms. The van der Waals surface area contributed by atoms with Gasteiger partial charge >= 0.3 is 0 Å². The van der Waals surface area contributed by atoms with Gasteiger partial charge in [0.1, 0.15) is 17.3 Å². The van der Waals surface area contributed by atoms with Crippen molar-refractivity contribution in [2.24, 2.45) is 0 Å². The number of halogens is 1. The summed E-state index contributed by atoms with van der Waals surface area (Å²) in [4.78, 5) is 2.41. The van der Waals surface area contributed by atoms with E-state index in [0.717, 1.165) is 56.5 Å². The van der Waals surface area contributed by atoms with Crippen LogP contribution in [0, 0.1) is 0 Å². The third-order valence-corrected chi connectivity index (χ3v) is 4.40. The number of furan rings is 1. The Morgan fingerprint density at radius 2 is 2.04 bits per heavy atom. The number of benzene rings is 1. The molecule has 5 nitrogen and oxygen atoms in total. The van der Waals surface area contributed by atoms with Gasteiger partial charge in [-0.1, -0.05) is 11.6 Å². The van der Waals surface area contributed by atoms with Crippen molar-refractivity contribution in [3.63, 3.8) is 0 Å². The van der Waals surface area contributed by atoms with E-state index in [4.69, 9.17) is 25.5 Å². The molecule has 1 aromatic heterocycles. The van der Waals surface area contributed by atoms with Gasteiger partial charge in [-0.2, -0.15) is 0 Å². The number of hydrogen-bond acceptors (Lipinski definition) is 5. The zero-order valence-corrected chi connectivity index (χ0v) is 14.6. The molecule has 0 aliphatic carbocycles. The van der Waals surface area contributed by atoms with Gasteiger partial charge in [-0.25, -0.2) is 0 Å². The molecule has 0 radical (unpaired) electrons. The molecule has 24 heavy (non-hydrogen) atoms. The Morgan fingerprint density at radius 1 is 1.21 bits per heavy atom. The van der Waals surface area contributed by atoms with E-state index < -0.39 is 0 Å². The number of hydrogen-bond donors (Lipinski definition) is 1. The first-order valence-corrected chi connectivity index (χ1v) is 8.57. The van der Waals surface area contributed by atoms with Gasteiger partial charge in [0.2, 0.25) is 0 Å². The number of methoxy groups -OCH3 is 1. The zero-order chi connectivity index (χ0) is 16.8. The van der Waals surface area contributed by atoms with Gasteiger partial charge in [0.15, 0.2) is 0 Å². The quantitative estimate of drug-likeness (QED) is 0.778. The lowest BCUT2D eigenvalue weighted by Gasteiger charge is -2.26. The molecule has 0 unspecified atom stereocenters. The molecule has 1 N–H and O–H groups in total. The summed E-state index contributed by atoms with van der Waals surface area (Å²) in [6.07, 6.45) is 0. The Hall–Kier alpha value is -1.53. The largest absolute Gasteiger partial charge is 0.495 e. The fourth-order valence-corrected chi connectivity index (χ4v) is 2.98. The summed E-state index contributed by atoms with van der Waals surface area (Å²) in [5, 5.41) is 4.00. The summed E-state index contributed by atoms with van der Waals surface area (Å²) in [6.45, 7) is 6.40. The molecule has 0 saturated carbocycles. The van der Waals surface area contributed by atoms with Gasteiger partial charge in [0, 0.05) is 31.7 Å². The van der Waals surface area contributed by atoms with Crippen LogP contribution in [0.2, 0.25) is 5.02 Å². The normalized spacial score (nSPS) is 15.6. The van der Waals surface area contributed by atoms with Gasteiger partial charge in [-0.15, -0.1) is 0 Å². The Bertz CT molecular complexity index is 653. The van der Waals surface area contributed by atoms with Crippen molar-refractivity contribution < 1.29 is 13.9 Å². The second kappa shape index (κ2) is 8.53. The molecular weight excluding hydrogens is 328 g/mol. The van der Waals surface area contributed by atoms with Crippen molar-refractivity contribution in [2.45, 2.75) is 6.54 Å². The summed E-state index contributed by atoms with van der Waals surface area (Å²) in [5.74, 6) is 2.39. The fraction of sp³-hybridized carbons (Fsp3) is 0.444. The van der Waals surface area contributed by atoms with E-state index in [1.807, 2.05) is 30.3 Å². The standard InChI is InChI=1S/C18H23ClN2O3/c1-22-18-4-2-14(12-16(18)19)17-5-3-15(24-17)13-20-6-7-21-8-10-23-11-9-21/h2-5,12,20H,6-11,13H2,1H3. The SMILES string of the molecule is COc1ccc(-c2ccc(CNCCN3CCOCC3)o2)cc1Cl. The Labute approximate surface area is 147 Å². The second-order valence-electron chi connectivity index (χ2n) is 5.75. The van der Waals surface area contributed by atoms with E-state index in [9.17, 15) is 0 Å². The summed E-state index contributed by atoms with van der Waals surface area (Å²) in [5.41, 5.74) is 0.945. The van der Waals surface area contributed by atoms with Crippen molar-refractivity contribution in [3.8, 4) is 17.1 Å². The Balaban J connectivity index is 1.49. The molecule has 1 fully saturated rings. The average molecular weight is 351 g/mol. The minimum atomic E-state index is 0.580. The van der Waals surface area contributed by atoms with Crippen LogP contribution in [0.1, 0.15) is 5.76 Å². The monoisotopic (exact) mass is 350 g/mol. The maximum atomic E-state index is 6.17. The maximum Gasteiger partial charge on any atom is 0.137 e. The highest BCUT2D eigenvalue weighted by molar-refractivity contribution is 6.32. The van der Waals surface area contributed by atoms with Crippen LogP contribution < -0.4 is 10.1 Å². The summed E-state index contributed by atoms with van der Waals surface area (Å²) in [6, 6.07) is 9.61. The lowest BCUT2D eigenvalue weighted by Crippen LogP contribution is -2.40. The topological polar surface area (TPSA) is 46.9 Å².